The fourth-order valence-electron chi connectivity index (χ4n) is 0.550. The van der Waals surface area contributed by atoms with E-state index in [2.05, 4.69) is 4.42 Å². The summed E-state index contributed by atoms with van der Waals surface area (Å²) >= 11 is 0. The number of hydrogen-bond acceptors (Lipinski definition) is 3. The van der Waals surface area contributed by atoms with E-state index >= 15 is 0 Å². The van der Waals surface area contributed by atoms with Crippen molar-refractivity contribution >= 4 is 0 Å². The summed E-state index contributed by atoms with van der Waals surface area (Å²) < 4.78 is 39.0. The number of alkyl halides is 3. The van der Waals surface area contributed by atoms with E-state index in [1.165, 1.54) is 4.98 Å². The van der Waals surface area contributed by atoms with E-state index in [1.807, 2.05) is 0 Å². The standard InChI is InChI=1S/C5H2F3NO3/c6-5(7,8)2-1-3(10)9-4(11)12-2/h1H,(H,9,10,11). The molecule has 1 heterocycles. The second-order valence-electron chi connectivity index (χ2n) is 1.89. The third-order valence-electron chi connectivity index (χ3n) is 0.969. The molecule has 66 valence electrons. The minimum Gasteiger partial charge on any atom is -0.405 e. The zero-order valence-electron chi connectivity index (χ0n) is 5.44. The van der Waals surface area contributed by atoms with Gasteiger partial charge >= 0.3 is 11.9 Å². The highest BCUT2D eigenvalue weighted by atomic mass is 19.4. The number of hydrogen-bond donors (Lipinski definition) is 1. The quantitative estimate of drug-likeness (QED) is 0.627. The van der Waals surface area contributed by atoms with Gasteiger partial charge in [-0.15, -0.1) is 0 Å². The smallest absolute Gasteiger partial charge is 0.405 e. The van der Waals surface area contributed by atoms with Crippen LogP contribution >= 0.6 is 0 Å². The van der Waals surface area contributed by atoms with Crippen LogP contribution in [0.25, 0.3) is 0 Å². The van der Waals surface area contributed by atoms with Crippen molar-refractivity contribution in [2.24, 2.45) is 0 Å². The molecule has 0 aliphatic carbocycles. The number of rotatable bonds is 0. The van der Waals surface area contributed by atoms with Gasteiger partial charge in [0.25, 0.3) is 5.56 Å². The molecule has 1 N–H and O–H groups in total. The molecule has 0 spiro atoms. The van der Waals surface area contributed by atoms with Crippen LogP contribution in [0.4, 0.5) is 13.2 Å². The fraction of sp³-hybridized carbons (Fsp3) is 0.200. The lowest BCUT2D eigenvalue weighted by atomic mass is 10.4. The summed E-state index contributed by atoms with van der Waals surface area (Å²) in [7, 11) is 0. The summed E-state index contributed by atoms with van der Waals surface area (Å²) in [6.07, 6.45) is -4.81. The first-order valence-corrected chi connectivity index (χ1v) is 2.71. The summed E-state index contributed by atoms with van der Waals surface area (Å²) in [6.45, 7) is 0. The van der Waals surface area contributed by atoms with Crippen LogP contribution in [0.2, 0.25) is 0 Å². The molecule has 0 aromatic carbocycles. The molecule has 0 fully saturated rings. The highest BCUT2D eigenvalue weighted by molar-refractivity contribution is 4.97. The Kier molecular flexibility index (Phi) is 1.79. The first kappa shape index (κ1) is 8.57. The Morgan fingerprint density at radius 1 is 1.33 bits per heavy atom. The predicted octanol–water partition coefficient (Wildman–Crippen LogP) is 0.347. The minimum atomic E-state index is -4.81. The highest BCUT2D eigenvalue weighted by Gasteiger charge is 2.34. The first-order valence-electron chi connectivity index (χ1n) is 2.71. The normalized spacial score (nSPS) is 11.6. The Balaban J connectivity index is 3.37. The summed E-state index contributed by atoms with van der Waals surface area (Å²) in [5.41, 5.74) is -1.14. The molecule has 0 aliphatic heterocycles. The lowest BCUT2D eigenvalue weighted by Gasteiger charge is -2.01. The molecule has 7 heteroatoms. The second kappa shape index (κ2) is 2.50. The van der Waals surface area contributed by atoms with Gasteiger partial charge in [-0.25, -0.2) is 4.79 Å². The van der Waals surface area contributed by atoms with Crippen LogP contribution in [0, 0.1) is 0 Å². The Labute approximate surface area is 62.6 Å². The predicted molar refractivity (Wildman–Crippen MR) is 30.6 cm³/mol. The summed E-state index contributed by atoms with van der Waals surface area (Å²) in [5, 5.41) is 0. The van der Waals surface area contributed by atoms with Gasteiger partial charge in [0.15, 0.2) is 0 Å². The lowest BCUT2D eigenvalue weighted by Crippen LogP contribution is -2.22. The maximum atomic E-state index is 11.8. The van der Waals surface area contributed by atoms with Crippen molar-refractivity contribution < 1.29 is 17.6 Å². The van der Waals surface area contributed by atoms with E-state index in [0.29, 0.717) is 0 Å². The number of nitrogens with one attached hydrogen (secondary N) is 1. The molecule has 0 saturated carbocycles. The maximum Gasteiger partial charge on any atom is 0.449 e. The molecular weight excluding hydrogens is 179 g/mol. The van der Waals surface area contributed by atoms with Crippen molar-refractivity contribution in [3.8, 4) is 0 Å². The van der Waals surface area contributed by atoms with Crippen LogP contribution in [0.1, 0.15) is 5.76 Å². The van der Waals surface area contributed by atoms with Gasteiger partial charge in [-0.05, 0) is 0 Å². The lowest BCUT2D eigenvalue weighted by molar-refractivity contribution is -0.155. The number of aromatic amines is 1. The van der Waals surface area contributed by atoms with E-state index in [9.17, 15) is 22.8 Å². The second-order valence-corrected chi connectivity index (χ2v) is 1.89. The zero-order chi connectivity index (χ0) is 9.35. The molecule has 4 nitrogen and oxygen atoms in total. The monoisotopic (exact) mass is 181 g/mol. The van der Waals surface area contributed by atoms with Gasteiger partial charge < -0.3 is 4.42 Å². The Morgan fingerprint density at radius 3 is 2.33 bits per heavy atom. The summed E-state index contributed by atoms with van der Waals surface area (Å²) in [4.78, 5) is 22.1. The molecule has 1 rings (SSSR count). The fourth-order valence-corrected chi connectivity index (χ4v) is 0.550. The van der Waals surface area contributed by atoms with Crippen molar-refractivity contribution in [2.45, 2.75) is 6.18 Å². The van der Waals surface area contributed by atoms with Crippen LogP contribution in [0.3, 0.4) is 0 Å². The SMILES string of the molecule is O=c1cc(C(F)(F)F)oc(=O)[nH]1. The average molecular weight is 181 g/mol. The van der Waals surface area contributed by atoms with Gasteiger partial charge in [-0.3, -0.25) is 9.78 Å². The molecule has 0 atom stereocenters. The first-order chi connectivity index (χ1) is 5.39. The van der Waals surface area contributed by atoms with Gasteiger partial charge in [-0.2, -0.15) is 13.2 Å². The van der Waals surface area contributed by atoms with Gasteiger partial charge in [0.1, 0.15) is 0 Å². The van der Waals surface area contributed by atoms with Crippen molar-refractivity contribution in [1.29, 1.82) is 0 Å². The largest absolute Gasteiger partial charge is 0.449 e. The van der Waals surface area contributed by atoms with Gasteiger partial charge in [0, 0.05) is 0 Å². The Hall–Kier alpha value is -1.53. The Bertz CT molecular complexity index is 360. The molecular formula is C5H2F3NO3. The van der Waals surface area contributed by atoms with Crippen LogP contribution < -0.4 is 11.3 Å². The molecule has 0 bridgehead atoms. The molecule has 0 amide bonds. The molecule has 1 aromatic heterocycles. The molecule has 12 heavy (non-hydrogen) atoms. The van der Waals surface area contributed by atoms with Crippen LogP contribution in [0.15, 0.2) is 20.1 Å². The number of aromatic nitrogens is 1. The average Bonchev–Trinajstić information content (AvgIpc) is 1.82. The minimum absolute atomic E-state index is 0.168. The third-order valence-corrected chi connectivity index (χ3v) is 0.969. The third kappa shape index (κ3) is 1.74. The van der Waals surface area contributed by atoms with E-state index < -0.39 is 23.3 Å². The Morgan fingerprint density at radius 2 is 1.92 bits per heavy atom. The molecule has 0 unspecified atom stereocenters. The topological polar surface area (TPSA) is 63.1 Å². The van der Waals surface area contributed by atoms with Crippen LogP contribution in [-0.2, 0) is 6.18 Å². The highest BCUT2D eigenvalue weighted by Crippen LogP contribution is 2.26. The number of H-pyrrole nitrogens is 1. The van der Waals surface area contributed by atoms with E-state index in [-0.39, 0.29) is 6.07 Å². The van der Waals surface area contributed by atoms with Crippen molar-refractivity contribution in [2.75, 3.05) is 0 Å². The van der Waals surface area contributed by atoms with E-state index in [1.54, 1.807) is 0 Å². The van der Waals surface area contributed by atoms with Gasteiger partial charge in [-0.1, -0.05) is 0 Å². The van der Waals surface area contributed by atoms with Crippen LogP contribution in [-0.4, -0.2) is 4.98 Å². The summed E-state index contributed by atoms with van der Waals surface area (Å²) in [5.74, 6) is -3.02. The van der Waals surface area contributed by atoms with Gasteiger partial charge in [0.2, 0.25) is 5.76 Å². The molecule has 0 saturated heterocycles. The van der Waals surface area contributed by atoms with Crippen molar-refractivity contribution in [3.05, 3.63) is 32.7 Å². The van der Waals surface area contributed by atoms with E-state index in [0.717, 1.165) is 0 Å². The maximum absolute atomic E-state index is 11.8. The number of halogens is 3. The van der Waals surface area contributed by atoms with E-state index in [4.69, 9.17) is 0 Å². The van der Waals surface area contributed by atoms with Crippen molar-refractivity contribution in [1.82, 2.24) is 4.98 Å². The molecule has 0 aliphatic rings. The molecule has 0 radical (unpaired) electrons. The van der Waals surface area contributed by atoms with Crippen LogP contribution in [0.5, 0.6) is 0 Å². The zero-order valence-corrected chi connectivity index (χ0v) is 5.44. The molecule has 1 aromatic rings. The summed E-state index contributed by atoms with van der Waals surface area (Å²) in [6, 6.07) is 0.168. The van der Waals surface area contributed by atoms with Crippen molar-refractivity contribution in [3.63, 3.8) is 0 Å². The van der Waals surface area contributed by atoms with Gasteiger partial charge in [0.05, 0.1) is 6.07 Å².